The largest absolute Gasteiger partial charge is 0.478 e. The van der Waals surface area contributed by atoms with E-state index < -0.39 is 16.1 Å². The van der Waals surface area contributed by atoms with Gasteiger partial charge in [-0.25, -0.2) is 4.79 Å². The maximum absolute atomic E-state index is 11.4. The van der Waals surface area contributed by atoms with E-state index in [0.29, 0.717) is 21.9 Å². The molecule has 0 spiro atoms. The van der Waals surface area contributed by atoms with E-state index in [1.54, 1.807) is 13.8 Å². The molecule has 5 nitrogen and oxygen atoms in total. The van der Waals surface area contributed by atoms with Crippen molar-refractivity contribution in [3.63, 3.8) is 0 Å². The number of carbonyl (C=O) groups is 1. The SMILES string of the molecule is Cc1c(C(=O)O)cc(S(=O)(=O)O)c(C)c1SCC1CC1. The molecule has 1 fully saturated rings. The first-order chi connectivity index (χ1) is 9.21. The van der Waals surface area contributed by atoms with E-state index in [2.05, 4.69) is 0 Å². The number of hydrogen-bond acceptors (Lipinski definition) is 4. The molecule has 0 amide bonds. The Morgan fingerprint density at radius 2 is 1.95 bits per heavy atom. The van der Waals surface area contributed by atoms with Gasteiger partial charge < -0.3 is 5.11 Å². The Labute approximate surface area is 122 Å². The van der Waals surface area contributed by atoms with Gasteiger partial charge in [0.05, 0.1) is 10.5 Å². The summed E-state index contributed by atoms with van der Waals surface area (Å²) in [5.74, 6) is 0.275. The topological polar surface area (TPSA) is 91.7 Å². The van der Waals surface area contributed by atoms with E-state index in [0.717, 1.165) is 24.7 Å². The van der Waals surface area contributed by atoms with Crippen LogP contribution in [0.3, 0.4) is 0 Å². The third-order valence-corrected chi connectivity index (χ3v) is 5.92. The highest BCUT2D eigenvalue weighted by atomic mass is 32.2. The second-order valence-corrected chi connectivity index (χ2v) is 7.46. The van der Waals surface area contributed by atoms with E-state index in [1.165, 1.54) is 11.8 Å². The van der Waals surface area contributed by atoms with Crippen LogP contribution in [-0.4, -0.2) is 29.8 Å². The van der Waals surface area contributed by atoms with Crippen molar-refractivity contribution in [1.82, 2.24) is 0 Å². The molecule has 0 heterocycles. The lowest BCUT2D eigenvalue weighted by Crippen LogP contribution is -2.09. The van der Waals surface area contributed by atoms with Crippen LogP contribution in [0.2, 0.25) is 0 Å². The molecule has 110 valence electrons. The molecule has 1 aliphatic carbocycles. The summed E-state index contributed by atoms with van der Waals surface area (Å²) in [4.78, 5) is 11.6. The molecule has 0 saturated heterocycles. The highest BCUT2D eigenvalue weighted by Gasteiger charge is 2.26. The molecule has 0 unspecified atom stereocenters. The quantitative estimate of drug-likeness (QED) is 0.641. The number of aromatic carboxylic acids is 1. The zero-order valence-electron chi connectivity index (χ0n) is 11.2. The van der Waals surface area contributed by atoms with E-state index in [4.69, 9.17) is 0 Å². The monoisotopic (exact) mass is 316 g/mol. The normalized spacial score (nSPS) is 15.3. The highest BCUT2D eigenvalue weighted by molar-refractivity contribution is 7.99. The molecule has 1 aromatic carbocycles. The van der Waals surface area contributed by atoms with Crippen molar-refractivity contribution < 1.29 is 22.9 Å². The van der Waals surface area contributed by atoms with Gasteiger partial charge in [-0.05, 0) is 49.8 Å². The van der Waals surface area contributed by atoms with E-state index in [1.807, 2.05) is 0 Å². The molecular weight excluding hydrogens is 300 g/mol. The smallest absolute Gasteiger partial charge is 0.336 e. The van der Waals surface area contributed by atoms with Crippen molar-refractivity contribution in [3.8, 4) is 0 Å². The summed E-state index contributed by atoms with van der Waals surface area (Å²) >= 11 is 1.47. The molecule has 0 radical (unpaired) electrons. The number of carboxylic acids is 1. The number of carboxylic acid groups (broad SMARTS) is 1. The van der Waals surface area contributed by atoms with Crippen molar-refractivity contribution in [2.24, 2.45) is 5.92 Å². The van der Waals surface area contributed by atoms with Crippen LogP contribution >= 0.6 is 11.8 Å². The Balaban J connectivity index is 2.56. The van der Waals surface area contributed by atoms with Crippen LogP contribution in [0.4, 0.5) is 0 Å². The molecule has 20 heavy (non-hydrogen) atoms. The summed E-state index contributed by atoms with van der Waals surface area (Å²) in [5.41, 5.74) is 0.884. The van der Waals surface area contributed by atoms with E-state index in [9.17, 15) is 22.9 Å². The molecule has 1 aromatic rings. The predicted molar refractivity (Wildman–Crippen MR) is 76.1 cm³/mol. The van der Waals surface area contributed by atoms with Gasteiger partial charge in [-0.1, -0.05) is 0 Å². The fourth-order valence-corrected chi connectivity index (χ4v) is 4.26. The minimum atomic E-state index is -4.43. The van der Waals surface area contributed by atoms with Crippen LogP contribution in [0.15, 0.2) is 15.9 Å². The Kier molecular flexibility index (Phi) is 4.13. The summed E-state index contributed by atoms with van der Waals surface area (Å²) in [7, 11) is -4.43. The summed E-state index contributed by atoms with van der Waals surface area (Å²) in [6.07, 6.45) is 2.32. The maximum atomic E-state index is 11.4. The zero-order chi connectivity index (χ0) is 15.1. The summed E-state index contributed by atoms with van der Waals surface area (Å²) in [5, 5.41) is 9.18. The van der Waals surface area contributed by atoms with Crippen molar-refractivity contribution in [2.75, 3.05) is 5.75 Å². The highest BCUT2D eigenvalue weighted by Crippen LogP contribution is 2.39. The summed E-state index contributed by atoms with van der Waals surface area (Å²) < 4.78 is 32.0. The molecule has 1 aliphatic rings. The fraction of sp³-hybridized carbons (Fsp3) is 0.462. The van der Waals surface area contributed by atoms with Crippen LogP contribution in [-0.2, 0) is 10.1 Å². The summed E-state index contributed by atoms with van der Waals surface area (Å²) in [6, 6.07) is 1.03. The van der Waals surface area contributed by atoms with Crippen LogP contribution in [0.1, 0.15) is 34.3 Å². The number of rotatable bonds is 5. The van der Waals surface area contributed by atoms with Gasteiger partial charge in [0.1, 0.15) is 0 Å². The third kappa shape index (κ3) is 3.16. The number of benzene rings is 1. The molecule has 7 heteroatoms. The molecule has 0 bridgehead atoms. The van der Waals surface area contributed by atoms with Gasteiger partial charge in [-0.15, -0.1) is 11.8 Å². The maximum Gasteiger partial charge on any atom is 0.336 e. The van der Waals surface area contributed by atoms with Crippen LogP contribution in [0.25, 0.3) is 0 Å². The first-order valence-electron chi connectivity index (χ1n) is 6.19. The lowest BCUT2D eigenvalue weighted by atomic mass is 10.1. The van der Waals surface area contributed by atoms with E-state index in [-0.39, 0.29) is 10.5 Å². The molecule has 2 N–H and O–H groups in total. The first kappa shape index (κ1) is 15.3. The van der Waals surface area contributed by atoms with Gasteiger partial charge in [0, 0.05) is 10.6 Å². The Hall–Kier alpha value is -1.05. The van der Waals surface area contributed by atoms with Crippen LogP contribution in [0, 0.1) is 19.8 Å². The van der Waals surface area contributed by atoms with Gasteiger partial charge in [0.2, 0.25) is 0 Å². The van der Waals surface area contributed by atoms with Crippen LogP contribution < -0.4 is 0 Å². The average molecular weight is 316 g/mol. The first-order valence-corrected chi connectivity index (χ1v) is 8.62. The second kappa shape index (κ2) is 5.38. The molecule has 0 atom stereocenters. The fourth-order valence-electron chi connectivity index (χ4n) is 2.06. The zero-order valence-corrected chi connectivity index (χ0v) is 12.8. The second-order valence-electron chi connectivity index (χ2n) is 5.04. The Morgan fingerprint density at radius 1 is 1.35 bits per heavy atom. The Morgan fingerprint density at radius 3 is 2.40 bits per heavy atom. The van der Waals surface area contributed by atoms with Gasteiger partial charge in [-0.2, -0.15) is 8.42 Å². The minimum Gasteiger partial charge on any atom is -0.478 e. The van der Waals surface area contributed by atoms with Gasteiger partial charge in [-0.3, -0.25) is 4.55 Å². The minimum absolute atomic E-state index is 0.0819. The standard InChI is InChI=1S/C13H16O5S2/c1-7-10(13(14)15)5-11(20(16,17)18)8(2)12(7)19-6-9-3-4-9/h5,9H,3-4,6H2,1-2H3,(H,14,15)(H,16,17,18). The summed E-state index contributed by atoms with van der Waals surface area (Å²) in [6.45, 7) is 3.26. The van der Waals surface area contributed by atoms with Crippen molar-refractivity contribution in [3.05, 3.63) is 22.8 Å². The van der Waals surface area contributed by atoms with Crippen LogP contribution in [0.5, 0.6) is 0 Å². The Bertz CT molecular complexity index is 660. The predicted octanol–water partition coefficient (Wildman–Crippen LogP) is 2.75. The lowest BCUT2D eigenvalue weighted by Gasteiger charge is -2.15. The molecule has 0 aromatic heterocycles. The molecule has 2 rings (SSSR count). The molecular formula is C13H16O5S2. The van der Waals surface area contributed by atoms with Gasteiger partial charge in [0.15, 0.2) is 0 Å². The third-order valence-electron chi connectivity index (χ3n) is 3.40. The van der Waals surface area contributed by atoms with Gasteiger partial charge >= 0.3 is 5.97 Å². The molecule has 0 aliphatic heterocycles. The number of hydrogen-bond donors (Lipinski definition) is 2. The van der Waals surface area contributed by atoms with E-state index >= 15 is 0 Å². The number of thioether (sulfide) groups is 1. The van der Waals surface area contributed by atoms with Crippen molar-refractivity contribution >= 4 is 27.8 Å². The average Bonchev–Trinajstić information content (AvgIpc) is 3.10. The lowest BCUT2D eigenvalue weighted by molar-refractivity contribution is 0.0695. The van der Waals surface area contributed by atoms with Crippen molar-refractivity contribution in [2.45, 2.75) is 36.5 Å². The van der Waals surface area contributed by atoms with Gasteiger partial charge in [0.25, 0.3) is 10.1 Å². The van der Waals surface area contributed by atoms with Crippen molar-refractivity contribution in [1.29, 1.82) is 0 Å². The molecule has 1 saturated carbocycles.